The summed E-state index contributed by atoms with van der Waals surface area (Å²) in [7, 11) is 3.56. The molecule has 11 nitrogen and oxygen atoms in total. The van der Waals surface area contributed by atoms with Crippen molar-refractivity contribution < 1.29 is 4.79 Å². The van der Waals surface area contributed by atoms with Crippen molar-refractivity contribution in [1.29, 1.82) is 0 Å². The minimum Gasteiger partial charge on any atom is -0.309 e. The predicted octanol–water partition coefficient (Wildman–Crippen LogP) is 3.73. The zero-order chi connectivity index (χ0) is 24.1. The van der Waals surface area contributed by atoms with E-state index >= 15 is 0 Å². The van der Waals surface area contributed by atoms with Crippen molar-refractivity contribution >= 4 is 46.1 Å². The Morgan fingerprint density at radius 1 is 1.06 bits per heavy atom. The van der Waals surface area contributed by atoms with Gasteiger partial charge >= 0.3 is 6.03 Å². The summed E-state index contributed by atoms with van der Waals surface area (Å²) < 4.78 is 1.69. The highest BCUT2D eigenvalue weighted by Crippen LogP contribution is 2.35. The number of nitrogens with one attached hydrogen (secondary N) is 1. The lowest BCUT2D eigenvalue weighted by Gasteiger charge is -2.33. The minimum absolute atomic E-state index is 0.234. The Balaban J connectivity index is 1.39. The minimum atomic E-state index is -0.234. The number of aromatic nitrogens is 7. The van der Waals surface area contributed by atoms with E-state index in [9.17, 15) is 4.79 Å². The zero-order valence-corrected chi connectivity index (χ0v) is 19.5. The number of hydrogen-bond acceptors (Lipinski definition) is 7. The number of rotatable bonds is 5. The van der Waals surface area contributed by atoms with Gasteiger partial charge in [-0.25, -0.2) is 19.8 Å². The smallest absolute Gasteiger partial charge is 0.309 e. The Bertz CT molecular complexity index is 1590. The lowest BCUT2D eigenvalue weighted by molar-refractivity contribution is 0.244. The van der Waals surface area contributed by atoms with Gasteiger partial charge in [0.1, 0.15) is 16.9 Å². The standard InChI is InChI=1S/C23H19ClN10O/c1-31-19-12-15(17-6-8-25-22(27-17)28-20-7-9-26-32(20)2)11-18-21(19)34(30-29-18)33(23(31)35)13-14-4-3-5-16(24)10-14/h3-12H,13H2,1-2H3,(H,25,27,28). The zero-order valence-electron chi connectivity index (χ0n) is 18.8. The van der Waals surface area contributed by atoms with Crippen LogP contribution in [-0.4, -0.2) is 47.9 Å². The highest BCUT2D eigenvalue weighted by atomic mass is 35.5. The van der Waals surface area contributed by atoms with Crippen molar-refractivity contribution in [2.24, 2.45) is 7.05 Å². The van der Waals surface area contributed by atoms with Crippen molar-refractivity contribution in [3.63, 3.8) is 0 Å². The number of benzene rings is 2. The van der Waals surface area contributed by atoms with Crippen LogP contribution in [0.4, 0.5) is 22.2 Å². The van der Waals surface area contributed by atoms with Crippen LogP contribution in [0.15, 0.2) is 60.9 Å². The van der Waals surface area contributed by atoms with Gasteiger partial charge in [0, 0.05) is 36.9 Å². The van der Waals surface area contributed by atoms with E-state index in [1.807, 2.05) is 49.5 Å². The molecule has 0 aliphatic carbocycles. The third-order valence-electron chi connectivity index (χ3n) is 5.84. The Kier molecular flexibility index (Phi) is 4.85. The predicted molar refractivity (Wildman–Crippen MR) is 132 cm³/mol. The molecule has 6 rings (SSSR count). The molecule has 0 fully saturated rings. The van der Waals surface area contributed by atoms with Gasteiger partial charge < -0.3 is 5.32 Å². The van der Waals surface area contributed by atoms with E-state index in [1.165, 1.54) is 5.01 Å². The third kappa shape index (κ3) is 3.62. The van der Waals surface area contributed by atoms with Crippen LogP contribution in [0.1, 0.15) is 5.56 Å². The largest absolute Gasteiger partial charge is 0.345 e. The number of amides is 2. The number of anilines is 3. The summed E-state index contributed by atoms with van der Waals surface area (Å²) >= 11 is 6.13. The second-order valence-electron chi connectivity index (χ2n) is 8.10. The Morgan fingerprint density at radius 3 is 2.74 bits per heavy atom. The highest BCUT2D eigenvalue weighted by molar-refractivity contribution is 6.30. The fourth-order valence-electron chi connectivity index (χ4n) is 4.08. The topological polar surface area (TPSA) is 110 Å². The Labute approximate surface area is 204 Å². The van der Waals surface area contributed by atoms with Crippen LogP contribution in [-0.2, 0) is 13.6 Å². The van der Waals surface area contributed by atoms with Crippen molar-refractivity contribution in [3.8, 4) is 11.3 Å². The molecule has 1 aliphatic rings. The van der Waals surface area contributed by atoms with Gasteiger partial charge in [-0.1, -0.05) is 23.7 Å². The summed E-state index contributed by atoms with van der Waals surface area (Å²) in [6.07, 6.45) is 3.37. The van der Waals surface area contributed by atoms with E-state index < -0.39 is 0 Å². The van der Waals surface area contributed by atoms with Crippen molar-refractivity contribution in [1.82, 2.24) is 34.9 Å². The van der Waals surface area contributed by atoms with Crippen LogP contribution in [0, 0.1) is 0 Å². The number of halogens is 1. The molecule has 174 valence electrons. The van der Waals surface area contributed by atoms with Crippen molar-refractivity contribution in [3.05, 3.63) is 71.5 Å². The van der Waals surface area contributed by atoms with E-state index in [1.54, 1.807) is 39.9 Å². The second-order valence-corrected chi connectivity index (χ2v) is 8.54. The summed E-state index contributed by atoms with van der Waals surface area (Å²) in [6, 6.07) is 14.6. The molecule has 0 unspecified atom stereocenters. The normalized spacial score (nSPS) is 13.1. The van der Waals surface area contributed by atoms with Gasteiger partial charge in [-0.3, -0.25) is 9.58 Å². The molecule has 2 aromatic carbocycles. The number of carbonyl (C=O) groups is 1. The lowest BCUT2D eigenvalue weighted by atomic mass is 10.1. The molecule has 2 amide bonds. The number of urea groups is 1. The molecule has 1 aliphatic heterocycles. The van der Waals surface area contributed by atoms with E-state index in [4.69, 9.17) is 11.6 Å². The lowest BCUT2D eigenvalue weighted by Crippen LogP contribution is -2.50. The van der Waals surface area contributed by atoms with Gasteiger partial charge in [0.15, 0.2) is 0 Å². The van der Waals surface area contributed by atoms with Crippen molar-refractivity contribution in [2.45, 2.75) is 6.54 Å². The highest BCUT2D eigenvalue weighted by Gasteiger charge is 2.32. The molecule has 5 aromatic rings. The number of hydrogen-bond donors (Lipinski definition) is 1. The molecule has 4 heterocycles. The van der Waals surface area contributed by atoms with Crippen LogP contribution in [0.3, 0.4) is 0 Å². The molecule has 3 aromatic heterocycles. The molecule has 0 saturated carbocycles. The number of aryl methyl sites for hydroxylation is 1. The molecular weight excluding hydrogens is 468 g/mol. The van der Waals surface area contributed by atoms with E-state index in [2.05, 4.69) is 30.7 Å². The van der Waals surface area contributed by atoms with Gasteiger partial charge in [0.25, 0.3) is 0 Å². The molecule has 0 atom stereocenters. The summed E-state index contributed by atoms with van der Waals surface area (Å²) in [4.78, 5) is 25.4. The Morgan fingerprint density at radius 2 is 1.94 bits per heavy atom. The average molecular weight is 487 g/mol. The number of carbonyl (C=O) groups excluding carboxylic acids is 1. The fraction of sp³-hybridized carbons (Fsp3) is 0.130. The molecular formula is C23H19ClN10O. The fourth-order valence-corrected chi connectivity index (χ4v) is 4.30. The summed E-state index contributed by atoms with van der Waals surface area (Å²) in [5.41, 5.74) is 4.43. The maximum atomic E-state index is 13.3. The summed E-state index contributed by atoms with van der Waals surface area (Å²) in [5.74, 6) is 1.20. The van der Waals surface area contributed by atoms with Gasteiger partial charge in [-0.05, 0) is 41.1 Å². The third-order valence-corrected chi connectivity index (χ3v) is 6.07. The first-order valence-corrected chi connectivity index (χ1v) is 11.1. The Hall–Kier alpha value is -4.51. The quantitative estimate of drug-likeness (QED) is 0.403. The molecule has 0 spiro atoms. The molecule has 1 N–H and O–H groups in total. The maximum absolute atomic E-state index is 13.3. The first-order chi connectivity index (χ1) is 17.0. The summed E-state index contributed by atoms with van der Waals surface area (Å²) in [6.45, 7) is 0.304. The summed E-state index contributed by atoms with van der Waals surface area (Å²) in [5, 5.41) is 18.1. The van der Waals surface area contributed by atoms with E-state index in [0.717, 1.165) is 22.5 Å². The van der Waals surface area contributed by atoms with Crippen LogP contribution in [0.2, 0.25) is 5.02 Å². The van der Waals surface area contributed by atoms with Crippen LogP contribution in [0.25, 0.3) is 22.3 Å². The van der Waals surface area contributed by atoms with Crippen LogP contribution in [0.5, 0.6) is 0 Å². The van der Waals surface area contributed by atoms with E-state index in [0.29, 0.717) is 34.4 Å². The van der Waals surface area contributed by atoms with Gasteiger partial charge in [-0.2, -0.15) is 5.10 Å². The second kappa shape index (κ2) is 8.06. The van der Waals surface area contributed by atoms with Gasteiger partial charge in [0.05, 0.1) is 24.1 Å². The SMILES string of the molecule is CN1C(=O)N(Cc2cccc(Cl)c2)n2nnc3cc(-c4ccnc(Nc5ccnn5C)n4)cc1c32. The van der Waals surface area contributed by atoms with E-state index in [-0.39, 0.29) is 6.03 Å². The molecule has 12 heteroatoms. The molecule has 35 heavy (non-hydrogen) atoms. The monoisotopic (exact) mass is 486 g/mol. The van der Waals surface area contributed by atoms with Gasteiger partial charge in [0.2, 0.25) is 5.95 Å². The molecule has 0 radical (unpaired) electrons. The first kappa shape index (κ1) is 21.1. The molecule has 0 bridgehead atoms. The maximum Gasteiger partial charge on any atom is 0.345 e. The van der Waals surface area contributed by atoms with Crippen molar-refractivity contribution in [2.75, 3.05) is 22.3 Å². The number of nitrogens with zero attached hydrogens (tertiary/aromatic N) is 9. The average Bonchev–Trinajstić information content (AvgIpc) is 3.47. The van der Waals surface area contributed by atoms with Crippen LogP contribution < -0.4 is 15.2 Å². The first-order valence-electron chi connectivity index (χ1n) is 10.8. The van der Waals surface area contributed by atoms with Gasteiger partial charge in [-0.15, -0.1) is 9.89 Å². The molecule has 0 saturated heterocycles. The van der Waals surface area contributed by atoms with Crippen LogP contribution >= 0.6 is 11.6 Å².